The standard InChI is InChI=1S/C25H18Br2O2Si/c26-22-16-21(17-23(27)24(22)25(28)29)30(18-10-4-1-5-11-18,19-12-6-2-7-13-19)20-14-8-3-9-15-20/h1-17H,(H,28,29). The smallest absolute Gasteiger partial charge is 0.337 e. The molecule has 0 fully saturated rings. The minimum Gasteiger partial charge on any atom is -0.478 e. The Bertz CT molecular complexity index is 1060. The van der Waals surface area contributed by atoms with Gasteiger partial charge in [0.15, 0.2) is 8.07 Å². The van der Waals surface area contributed by atoms with E-state index in [2.05, 4.69) is 105 Å². The second-order valence-corrected chi connectivity index (χ2v) is 12.5. The van der Waals surface area contributed by atoms with Crippen molar-refractivity contribution in [3.05, 3.63) is 118 Å². The van der Waals surface area contributed by atoms with E-state index in [0.29, 0.717) is 8.95 Å². The first-order valence-electron chi connectivity index (χ1n) is 9.44. The van der Waals surface area contributed by atoms with Gasteiger partial charge in [0, 0.05) is 8.95 Å². The van der Waals surface area contributed by atoms with E-state index in [1.165, 1.54) is 15.6 Å². The fraction of sp³-hybridized carbons (Fsp3) is 0. The van der Waals surface area contributed by atoms with Gasteiger partial charge in [-0.25, -0.2) is 4.79 Å². The van der Waals surface area contributed by atoms with Crippen LogP contribution in [0.2, 0.25) is 0 Å². The molecule has 0 bridgehead atoms. The largest absolute Gasteiger partial charge is 0.478 e. The predicted octanol–water partition coefficient (Wildman–Crippen LogP) is 4.29. The lowest BCUT2D eigenvalue weighted by Crippen LogP contribution is -2.74. The number of hydrogen-bond acceptors (Lipinski definition) is 1. The summed E-state index contributed by atoms with van der Waals surface area (Å²) in [6.07, 6.45) is 0. The summed E-state index contributed by atoms with van der Waals surface area (Å²) in [7, 11) is -2.67. The van der Waals surface area contributed by atoms with Gasteiger partial charge < -0.3 is 5.11 Å². The molecule has 4 aromatic rings. The normalized spacial score (nSPS) is 11.3. The third-order valence-electron chi connectivity index (χ3n) is 5.31. The molecule has 0 aromatic heterocycles. The molecule has 0 amide bonds. The van der Waals surface area contributed by atoms with Crippen molar-refractivity contribution in [1.82, 2.24) is 0 Å². The first kappa shape index (κ1) is 20.8. The molecule has 0 spiro atoms. The number of rotatable bonds is 5. The summed E-state index contributed by atoms with van der Waals surface area (Å²) in [4.78, 5) is 11.8. The Labute approximate surface area is 193 Å². The third-order valence-corrected chi connectivity index (χ3v) is 11.3. The van der Waals surface area contributed by atoms with E-state index >= 15 is 0 Å². The lowest BCUT2D eigenvalue weighted by Gasteiger charge is -2.34. The summed E-state index contributed by atoms with van der Waals surface area (Å²) < 4.78 is 1.14. The average Bonchev–Trinajstić information content (AvgIpc) is 2.76. The lowest BCUT2D eigenvalue weighted by molar-refractivity contribution is 0.0695. The third kappa shape index (κ3) is 3.58. The average molecular weight is 538 g/mol. The monoisotopic (exact) mass is 536 g/mol. The van der Waals surface area contributed by atoms with Gasteiger partial charge >= 0.3 is 5.97 Å². The molecular weight excluding hydrogens is 520 g/mol. The number of benzene rings is 4. The van der Waals surface area contributed by atoms with Gasteiger partial charge in [-0.1, -0.05) is 91.0 Å². The Morgan fingerprint density at radius 2 is 0.933 bits per heavy atom. The number of carboxylic acid groups (broad SMARTS) is 1. The number of carbonyl (C=O) groups is 1. The van der Waals surface area contributed by atoms with Gasteiger partial charge in [-0.05, 0) is 64.7 Å². The zero-order chi connectivity index (χ0) is 21.1. The molecule has 4 rings (SSSR count). The quantitative estimate of drug-likeness (QED) is 0.304. The van der Waals surface area contributed by atoms with E-state index in [1.807, 2.05) is 30.3 Å². The van der Waals surface area contributed by atoms with Gasteiger partial charge in [0.2, 0.25) is 0 Å². The van der Waals surface area contributed by atoms with Crippen LogP contribution in [0.3, 0.4) is 0 Å². The van der Waals surface area contributed by atoms with Crippen molar-refractivity contribution in [3.63, 3.8) is 0 Å². The molecule has 0 aliphatic rings. The van der Waals surface area contributed by atoms with Crippen LogP contribution >= 0.6 is 31.9 Å². The molecular formula is C25H18Br2O2Si. The highest BCUT2D eigenvalue weighted by molar-refractivity contribution is 9.11. The van der Waals surface area contributed by atoms with Crippen molar-refractivity contribution < 1.29 is 9.90 Å². The van der Waals surface area contributed by atoms with Crippen molar-refractivity contribution >= 4 is 66.6 Å². The SMILES string of the molecule is O=C(O)c1c(Br)cc([Si](c2ccccc2)(c2ccccc2)c2ccccc2)cc1Br. The summed E-state index contributed by atoms with van der Waals surface area (Å²) >= 11 is 7.04. The first-order chi connectivity index (χ1) is 14.5. The van der Waals surface area contributed by atoms with Crippen LogP contribution in [0.1, 0.15) is 10.4 Å². The number of carboxylic acids is 1. The molecule has 148 valence electrons. The maximum absolute atomic E-state index is 11.8. The fourth-order valence-corrected chi connectivity index (χ4v) is 10.8. The van der Waals surface area contributed by atoms with Gasteiger partial charge in [-0.2, -0.15) is 0 Å². The highest BCUT2D eigenvalue weighted by Gasteiger charge is 2.42. The second-order valence-electron chi connectivity index (χ2n) is 6.97. The van der Waals surface area contributed by atoms with Crippen LogP contribution in [-0.2, 0) is 0 Å². The zero-order valence-electron chi connectivity index (χ0n) is 15.9. The molecule has 0 saturated carbocycles. The van der Waals surface area contributed by atoms with Gasteiger partial charge in [-0.15, -0.1) is 0 Å². The zero-order valence-corrected chi connectivity index (χ0v) is 20.1. The maximum atomic E-state index is 11.8. The minimum atomic E-state index is -2.67. The van der Waals surface area contributed by atoms with Crippen LogP contribution < -0.4 is 20.7 Å². The number of hydrogen-bond donors (Lipinski definition) is 1. The number of aromatic carboxylic acids is 1. The van der Waals surface area contributed by atoms with Gasteiger partial charge in [0.1, 0.15) is 0 Å². The van der Waals surface area contributed by atoms with Crippen molar-refractivity contribution in [2.75, 3.05) is 0 Å². The lowest BCUT2D eigenvalue weighted by atomic mass is 10.2. The Morgan fingerprint density at radius 1 is 0.600 bits per heavy atom. The highest BCUT2D eigenvalue weighted by atomic mass is 79.9. The van der Waals surface area contributed by atoms with Crippen LogP contribution in [0, 0.1) is 0 Å². The molecule has 4 aromatic carbocycles. The Kier molecular flexibility index (Phi) is 6.04. The summed E-state index contributed by atoms with van der Waals surface area (Å²) in [5, 5.41) is 14.5. The van der Waals surface area contributed by atoms with Crippen molar-refractivity contribution in [3.8, 4) is 0 Å². The molecule has 0 aliphatic heterocycles. The van der Waals surface area contributed by atoms with Gasteiger partial charge in [0.25, 0.3) is 0 Å². The van der Waals surface area contributed by atoms with E-state index in [0.717, 1.165) is 5.19 Å². The predicted molar refractivity (Wildman–Crippen MR) is 132 cm³/mol. The molecule has 0 aliphatic carbocycles. The summed E-state index contributed by atoms with van der Waals surface area (Å²) in [5.41, 5.74) is 0.232. The summed E-state index contributed by atoms with van der Waals surface area (Å²) in [5.74, 6) is -0.966. The Hall–Kier alpha value is -2.47. The molecule has 0 saturated heterocycles. The number of halogens is 2. The van der Waals surface area contributed by atoms with Gasteiger partial charge in [0.05, 0.1) is 5.56 Å². The van der Waals surface area contributed by atoms with Crippen LogP contribution in [0.25, 0.3) is 0 Å². The fourth-order valence-electron chi connectivity index (χ4n) is 4.06. The molecule has 30 heavy (non-hydrogen) atoms. The highest BCUT2D eigenvalue weighted by Crippen LogP contribution is 2.26. The van der Waals surface area contributed by atoms with Crippen LogP contribution in [0.5, 0.6) is 0 Å². The second kappa shape index (κ2) is 8.72. The molecule has 0 atom stereocenters. The van der Waals surface area contributed by atoms with Crippen molar-refractivity contribution in [2.45, 2.75) is 0 Å². The van der Waals surface area contributed by atoms with E-state index in [1.54, 1.807) is 0 Å². The van der Waals surface area contributed by atoms with Crippen LogP contribution in [-0.4, -0.2) is 19.1 Å². The Morgan fingerprint density at radius 3 is 1.23 bits per heavy atom. The minimum absolute atomic E-state index is 0.232. The molecule has 5 heteroatoms. The molecule has 1 N–H and O–H groups in total. The van der Waals surface area contributed by atoms with Crippen LogP contribution in [0.4, 0.5) is 0 Å². The topological polar surface area (TPSA) is 37.3 Å². The van der Waals surface area contributed by atoms with E-state index in [4.69, 9.17) is 0 Å². The van der Waals surface area contributed by atoms with Gasteiger partial charge in [-0.3, -0.25) is 0 Å². The van der Waals surface area contributed by atoms with Crippen molar-refractivity contribution in [2.24, 2.45) is 0 Å². The molecule has 0 heterocycles. The maximum Gasteiger partial charge on any atom is 0.337 e. The van der Waals surface area contributed by atoms with E-state index < -0.39 is 14.0 Å². The molecule has 0 radical (unpaired) electrons. The Balaban J connectivity index is 2.15. The molecule has 0 unspecified atom stereocenters. The van der Waals surface area contributed by atoms with Crippen molar-refractivity contribution in [1.29, 1.82) is 0 Å². The summed E-state index contributed by atoms with van der Waals surface area (Å²) in [6, 6.07) is 35.5. The molecule has 2 nitrogen and oxygen atoms in total. The van der Waals surface area contributed by atoms with E-state index in [9.17, 15) is 9.90 Å². The summed E-state index contributed by atoms with van der Waals surface area (Å²) in [6.45, 7) is 0. The first-order valence-corrected chi connectivity index (χ1v) is 13.0. The van der Waals surface area contributed by atoms with Crippen LogP contribution in [0.15, 0.2) is 112 Å². The van der Waals surface area contributed by atoms with E-state index in [-0.39, 0.29) is 5.56 Å².